The molecule has 0 saturated carbocycles. The Hall–Kier alpha value is -0.480. The summed E-state index contributed by atoms with van der Waals surface area (Å²) >= 11 is 5.12. The molecule has 2 nitrogen and oxygen atoms in total. The highest BCUT2D eigenvalue weighted by Gasteiger charge is 2.18. The Morgan fingerprint density at radius 3 is 2.56 bits per heavy atom. The number of hydrogen-bond acceptors (Lipinski definition) is 2. The second-order valence-corrected chi connectivity index (χ2v) is 5.74. The van der Waals surface area contributed by atoms with E-state index < -0.39 is 5.97 Å². The summed E-state index contributed by atoms with van der Waals surface area (Å²) in [6.07, 6.45) is 0.690. The van der Waals surface area contributed by atoms with E-state index in [0.717, 1.165) is 21.5 Å². The molecule has 0 spiro atoms. The topological polar surface area (TPSA) is 37.3 Å². The molecule has 1 atom stereocenters. The van der Waals surface area contributed by atoms with Crippen LogP contribution in [0.2, 0.25) is 0 Å². The average molecular weight is 303 g/mol. The van der Waals surface area contributed by atoms with E-state index >= 15 is 0 Å². The Morgan fingerprint density at radius 1 is 1.44 bits per heavy atom. The molecule has 0 radical (unpaired) electrons. The van der Waals surface area contributed by atoms with E-state index in [-0.39, 0.29) is 5.92 Å². The fourth-order valence-electron chi connectivity index (χ4n) is 1.47. The maximum atomic E-state index is 11.2. The molecule has 4 heteroatoms. The SMILES string of the molecule is CCSCCC(C(=O)O)c1ccc(Br)cc1. The molecule has 0 aliphatic rings. The molecular formula is C12H15BrO2S. The largest absolute Gasteiger partial charge is 0.481 e. The average Bonchev–Trinajstić information content (AvgIpc) is 2.26. The molecule has 0 aliphatic carbocycles. The third-order valence-corrected chi connectivity index (χ3v) is 3.79. The molecular weight excluding hydrogens is 288 g/mol. The zero-order valence-corrected chi connectivity index (χ0v) is 11.6. The number of rotatable bonds is 6. The highest BCUT2D eigenvalue weighted by molar-refractivity contribution is 9.10. The first-order chi connectivity index (χ1) is 7.65. The highest BCUT2D eigenvalue weighted by Crippen LogP contribution is 2.23. The van der Waals surface area contributed by atoms with Crippen LogP contribution in [0.3, 0.4) is 0 Å². The standard InChI is InChI=1S/C12H15BrO2S/c1-2-16-8-7-11(12(14)15)9-3-5-10(13)6-4-9/h3-6,11H,2,7-8H2,1H3,(H,14,15). The lowest BCUT2D eigenvalue weighted by Gasteiger charge is -2.12. The summed E-state index contributed by atoms with van der Waals surface area (Å²) in [5, 5.41) is 9.17. The predicted octanol–water partition coefficient (Wildman–Crippen LogP) is 3.76. The second kappa shape index (κ2) is 6.97. The molecule has 0 aromatic heterocycles. The summed E-state index contributed by atoms with van der Waals surface area (Å²) < 4.78 is 0.975. The number of benzene rings is 1. The molecule has 1 rings (SSSR count). The van der Waals surface area contributed by atoms with Crippen molar-refractivity contribution in [3.63, 3.8) is 0 Å². The van der Waals surface area contributed by atoms with Crippen molar-refractivity contribution in [2.75, 3.05) is 11.5 Å². The van der Waals surface area contributed by atoms with Crippen molar-refractivity contribution < 1.29 is 9.90 Å². The first-order valence-corrected chi connectivity index (χ1v) is 7.16. The minimum atomic E-state index is -0.737. The van der Waals surface area contributed by atoms with Gasteiger partial charge in [-0.25, -0.2) is 0 Å². The minimum Gasteiger partial charge on any atom is -0.481 e. The third-order valence-electron chi connectivity index (χ3n) is 2.33. The van der Waals surface area contributed by atoms with Crippen molar-refractivity contribution >= 4 is 33.7 Å². The lowest BCUT2D eigenvalue weighted by Crippen LogP contribution is -2.12. The smallest absolute Gasteiger partial charge is 0.311 e. The van der Waals surface area contributed by atoms with Crippen LogP contribution in [0.15, 0.2) is 28.7 Å². The van der Waals surface area contributed by atoms with Crippen LogP contribution >= 0.6 is 27.7 Å². The maximum absolute atomic E-state index is 11.2. The summed E-state index contributed by atoms with van der Waals surface area (Å²) in [5.74, 6) is 0.808. The molecule has 0 aliphatic heterocycles. The Balaban J connectivity index is 2.69. The van der Waals surface area contributed by atoms with Gasteiger partial charge in [0.15, 0.2) is 0 Å². The van der Waals surface area contributed by atoms with Gasteiger partial charge in [-0.3, -0.25) is 4.79 Å². The fraction of sp³-hybridized carbons (Fsp3) is 0.417. The van der Waals surface area contributed by atoms with E-state index in [1.54, 1.807) is 11.8 Å². The molecule has 1 unspecified atom stereocenters. The van der Waals surface area contributed by atoms with Gasteiger partial charge in [0.05, 0.1) is 5.92 Å². The third kappa shape index (κ3) is 4.18. The van der Waals surface area contributed by atoms with Gasteiger partial charge < -0.3 is 5.11 Å². The summed E-state index contributed by atoms with van der Waals surface area (Å²) in [6.45, 7) is 2.08. The van der Waals surface area contributed by atoms with Gasteiger partial charge in [-0.15, -0.1) is 0 Å². The number of hydrogen-bond donors (Lipinski definition) is 1. The number of carboxylic acid groups (broad SMARTS) is 1. The van der Waals surface area contributed by atoms with Gasteiger partial charge in [-0.2, -0.15) is 11.8 Å². The molecule has 0 fully saturated rings. The Bertz CT molecular complexity index is 337. The van der Waals surface area contributed by atoms with Gasteiger partial charge in [0.1, 0.15) is 0 Å². The van der Waals surface area contributed by atoms with E-state index in [4.69, 9.17) is 0 Å². The van der Waals surface area contributed by atoms with Gasteiger partial charge in [0.25, 0.3) is 0 Å². The van der Waals surface area contributed by atoms with Crippen LogP contribution in [0.4, 0.5) is 0 Å². The Kier molecular flexibility index (Phi) is 5.91. The summed E-state index contributed by atoms with van der Waals surface area (Å²) in [4.78, 5) is 11.2. The van der Waals surface area contributed by atoms with Crippen LogP contribution in [-0.4, -0.2) is 22.6 Å². The normalized spacial score (nSPS) is 12.4. The summed E-state index contributed by atoms with van der Waals surface area (Å²) in [6, 6.07) is 7.52. The molecule has 1 aromatic carbocycles. The molecule has 88 valence electrons. The first-order valence-electron chi connectivity index (χ1n) is 5.21. The second-order valence-electron chi connectivity index (χ2n) is 3.43. The van der Waals surface area contributed by atoms with E-state index in [2.05, 4.69) is 22.9 Å². The number of carbonyl (C=O) groups is 1. The lowest BCUT2D eigenvalue weighted by molar-refractivity contribution is -0.138. The quantitative estimate of drug-likeness (QED) is 0.813. The van der Waals surface area contributed by atoms with Crippen molar-refractivity contribution in [3.05, 3.63) is 34.3 Å². The molecule has 0 saturated heterocycles. The van der Waals surface area contributed by atoms with Crippen LogP contribution in [0.1, 0.15) is 24.8 Å². The van der Waals surface area contributed by atoms with Crippen LogP contribution in [-0.2, 0) is 4.79 Å². The fourth-order valence-corrected chi connectivity index (χ4v) is 2.43. The number of carboxylic acids is 1. The Labute approximate surface area is 109 Å². The van der Waals surface area contributed by atoms with Crippen molar-refractivity contribution in [3.8, 4) is 0 Å². The molecule has 0 heterocycles. The van der Waals surface area contributed by atoms with Crippen LogP contribution in [0.5, 0.6) is 0 Å². The molecule has 1 aromatic rings. The van der Waals surface area contributed by atoms with Gasteiger partial charge in [-0.1, -0.05) is 35.0 Å². The van der Waals surface area contributed by atoms with E-state index in [1.165, 1.54) is 0 Å². The first kappa shape index (κ1) is 13.6. The zero-order valence-electron chi connectivity index (χ0n) is 9.15. The van der Waals surface area contributed by atoms with Crippen molar-refractivity contribution in [2.45, 2.75) is 19.3 Å². The number of thioether (sulfide) groups is 1. The zero-order chi connectivity index (χ0) is 12.0. The van der Waals surface area contributed by atoms with Crippen LogP contribution in [0, 0.1) is 0 Å². The minimum absolute atomic E-state index is 0.382. The predicted molar refractivity (Wildman–Crippen MR) is 72.1 cm³/mol. The highest BCUT2D eigenvalue weighted by atomic mass is 79.9. The number of aliphatic carboxylic acids is 1. The summed E-state index contributed by atoms with van der Waals surface area (Å²) in [7, 11) is 0. The molecule has 0 amide bonds. The summed E-state index contributed by atoms with van der Waals surface area (Å²) in [5.41, 5.74) is 0.882. The van der Waals surface area contributed by atoms with Gasteiger partial charge in [0.2, 0.25) is 0 Å². The molecule has 1 N–H and O–H groups in total. The van der Waals surface area contributed by atoms with Gasteiger partial charge in [-0.05, 0) is 35.6 Å². The van der Waals surface area contributed by atoms with E-state index in [0.29, 0.717) is 6.42 Å². The van der Waals surface area contributed by atoms with Crippen LogP contribution in [0.25, 0.3) is 0 Å². The van der Waals surface area contributed by atoms with E-state index in [1.807, 2.05) is 24.3 Å². The number of halogens is 1. The van der Waals surface area contributed by atoms with Crippen molar-refractivity contribution in [2.24, 2.45) is 0 Å². The van der Waals surface area contributed by atoms with Crippen molar-refractivity contribution in [1.29, 1.82) is 0 Å². The van der Waals surface area contributed by atoms with Crippen molar-refractivity contribution in [1.82, 2.24) is 0 Å². The monoisotopic (exact) mass is 302 g/mol. The Morgan fingerprint density at radius 2 is 2.06 bits per heavy atom. The van der Waals surface area contributed by atoms with Gasteiger partial charge >= 0.3 is 5.97 Å². The molecule has 16 heavy (non-hydrogen) atoms. The lowest BCUT2D eigenvalue weighted by atomic mass is 9.97. The molecule has 0 bridgehead atoms. The maximum Gasteiger partial charge on any atom is 0.311 e. The van der Waals surface area contributed by atoms with Crippen LogP contribution < -0.4 is 0 Å². The van der Waals surface area contributed by atoms with E-state index in [9.17, 15) is 9.90 Å². The van der Waals surface area contributed by atoms with Gasteiger partial charge in [0, 0.05) is 4.47 Å².